The first-order valence-electron chi connectivity index (χ1n) is 6.49. The highest BCUT2D eigenvalue weighted by atomic mass is 16.3. The highest BCUT2D eigenvalue weighted by Crippen LogP contribution is 2.16. The third-order valence-electron chi connectivity index (χ3n) is 3.15. The number of aryl methyl sites for hydroxylation is 2. The van der Waals surface area contributed by atoms with Gasteiger partial charge in [0.15, 0.2) is 0 Å². The minimum Gasteiger partial charge on any atom is -0.469 e. The Morgan fingerprint density at radius 1 is 1.17 bits per heavy atom. The van der Waals surface area contributed by atoms with Crippen LogP contribution < -0.4 is 5.32 Å². The van der Waals surface area contributed by atoms with Gasteiger partial charge in [-0.3, -0.25) is 0 Å². The van der Waals surface area contributed by atoms with Gasteiger partial charge in [-0.15, -0.1) is 0 Å². The lowest BCUT2D eigenvalue weighted by atomic mass is 10.0. The molecule has 1 unspecified atom stereocenters. The number of hydrogen-bond donors (Lipinski definition) is 1. The van der Waals surface area contributed by atoms with E-state index in [-0.39, 0.29) is 0 Å². The molecule has 0 bridgehead atoms. The molecule has 1 aromatic heterocycles. The largest absolute Gasteiger partial charge is 0.469 e. The zero-order valence-corrected chi connectivity index (χ0v) is 11.4. The van der Waals surface area contributed by atoms with Gasteiger partial charge in [0.2, 0.25) is 0 Å². The molecule has 2 heteroatoms. The average molecular weight is 243 g/mol. The van der Waals surface area contributed by atoms with Crippen molar-refractivity contribution >= 4 is 0 Å². The van der Waals surface area contributed by atoms with E-state index in [0.717, 1.165) is 18.7 Å². The van der Waals surface area contributed by atoms with Crippen molar-refractivity contribution in [2.45, 2.75) is 33.2 Å². The molecule has 0 aliphatic rings. The Labute approximate surface area is 109 Å². The van der Waals surface area contributed by atoms with Crippen LogP contribution in [0, 0.1) is 13.8 Å². The molecule has 2 nitrogen and oxygen atoms in total. The monoisotopic (exact) mass is 243 g/mol. The number of rotatable bonds is 5. The standard InChI is InChI=1S/C16H21NO/c1-12-9-13(2)11-15(10-12)14(3)17-7-6-16-5-4-8-18-16/h4-5,8-11,14,17H,6-7H2,1-3H3. The molecule has 96 valence electrons. The van der Waals surface area contributed by atoms with Crippen molar-refractivity contribution in [2.75, 3.05) is 6.54 Å². The molecule has 0 saturated heterocycles. The Kier molecular flexibility index (Phi) is 4.21. The maximum absolute atomic E-state index is 5.32. The van der Waals surface area contributed by atoms with Gasteiger partial charge < -0.3 is 9.73 Å². The summed E-state index contributed by atoms with van der Waals surface area (Å²) in [7, 11) is 0. The third kappa shape index (κ3) is 3.47. The van der Waals surface area contributed by atoms with Crippen molar-refractivity contribution in [3.05, 3.63) is 59.0 Å². The first-order chi connectivity index (χ1) is 8.65. The molecule has 0 aliphatic heterocycles. The molecule has 0 amide bonds. The second-order valence-electron chi connectivity index (χ2n) is 4.93. The fourth-order valence-electron chi connectivity index (χ4n) is 2.24. The topological polar surface area (TPSA) is 25.2 Å². The average Bonchev–Trinajstić information content (AvgIpc) is 2.80. The summed E-state index contributed by atoms with van der Waals surface area (Å²) in [5.41, 5.74) is 4.00. The smallest absolute Gasteiger partial charge is 0.105 e. The maximum Gasteiger partial charge on any atom is 0.105 e. The lowest BCUT2D eigenvalue weighted by Crippen LogP contribution is -2.21. The third-order valence-corrected chi connectivity index (χ3v) is 3.15. The van der Waals surface area contributed by atoms with Gasteiger partial charge in [-0.1, -0.05) is 29.3 Å². The Balaban J connectivity index is 1.89. The fraction of sp³-hybridized carbons (Fsp3) is 0.375. The molecule has 0 radical (unpaired) electrons. The minimum atomic E-state index is 0.374. The van der Waals surface area contributed by atoms with Gasteiger partial charge in [-0.25, -0.2) is 0 Å². The van der Waals surface area contributed by atoms with E-state index < -0.39 is 0 Å². The molecule has 1 heterocycles. The lowest BCUT2D eigenvalue weighted by molar-refractivity contribution is 0.486. The van der Waals surface area contributed by atoms with Crippen LogP contribution in [0.1, 0.15) is 35.4 Å². The highest BCUT2D eigenvalue weighted by Gasteiger charge is 2.06. The second-order valence-corrected chi connectivity index (χ2v) is 4.93. The van der Waals surface area contributed by atoms with E-state index in [1.807, 2.05) is 12.1 Å². The molecule has 2 rings (SSSR count). The quantitative estimate of drug-likeness (QED) is 0.864. The van der Waals surface area contributed by atoms with Crippen LogP contribution in [0.3, 0.4) is 0 Å². The van der Waals surface area contributed by atoms with Crippen molar-refractivity contribution in [3.63, 3.8) is 0 Å². The van der Waals surface area contributed by atoms with Crippen LogP contribution >= 0.6 is 0 Å². The Morgan fingerprint density at radius 2 is 1.89 bits per heavy atom. The summed E-state index contributed by atoms with van der Waals surface area (Å²) in [6.07, 6.45) is 2.66. The van der Waals surface area contributed by atoms with Gasteiger partial charge in [-0.2, -0.15) is 0 Å². The first kappa shape index (κ1) is 12.9. The summed E-state index contributed by atoms with van der Waals surface area (Å²) < 4.78 is 5.32. The number of hydrogen-bond acceptors (Lipinski definition) is 2. The molecule has 0 aliphatic carbocycles. The van der Waals surface area contributed by atoms with E-state index in [1.54, 1.807) is 6.26 Å². The van der Waals surface area contributed by atoms with Gasteiger partial charge in [0.25, 0.3) is 0 Å². The van der Waals surface area contributed by atoms with Crippen LogP contribution in [0.25, 0.3) is 0 Å². The molecular weight excluding hydrogens is 222 g/mol. The van der Waals surface area contributed by atoms with Crippen molar-refractivity contribution in [2.24, 2.45) is 0 Å². The highest BCUT2D eigenvalue weighted by molar-refractivity contribution is 5.30. The van der Waals surface area contributed by atoms with E-state index in [9.17, 15) is 0 Å². The predicted molar refractivity (Wildman–Crippen MR) is 74.7 cm³/mol. The van der Waals surface area contributed by atoms with Gasteiger partial charge in [0, 0.05) is 19.0 Å². The first-order valence-corrected chi connectivity index (χ1v) is 6.49. The SMILES string of the molecule is Cc1cc(C)cc(C(C)NCCc2ccco2)c1. The van der Waals surface area contributed by atoms with Crippen LogP contribution in [-0.2, 0) is 6.42 Å². The van der Waals surface area contributed by atoms with Gasteiger partial charge in [0.05, 0.1) is 6.26 Å². The van der Waals surface area contributed by atoms with Crippen LogP contribution in [0.15, 0.2) is 41.0 Å². The van der Waals surface area contributed by atoms with Crippen LogP contribution in [-0.4, -0.2) is 6.54 Å². The molecule has 1 N–H and O–H groups in total. The van der Waals surface area contributed by atoms with Crippen LogP contribution in [0.5, 0.6) is 0 Å². The molecule has 0 saturated carbocycles. The summed E-state index contributed by atoms with van der Waals surface area (Å²) in [5.74, 6) is 1.04. The Morgan fingerprint density at radius 3 is 2.50 bits per heavy atom. The summed E-state index contributed by atoms with van der Waals surface area (Å²) in [6.45, 7) is 7.43. The minimum absolute atomic E-state index is 0.374. The van der Waals surface area contributed by atoms with Crippen molar-refractivity contribution < 1.29 is 4.42 Å². The Hall–Kier alpha value is -1.54. The van der Waals surface area contributed by atoms with E-state index >= 15 is 0 Å². The van der Waals surface area contributed by atoms with Crippen LogP contribution in [0.4, 0.5) is 0 Å². The molecule has 18 heavy (non-hydrogen) atoms. The van der Waals surface area contributed by atoms with Crippen molar-refractivity contribution in [1.82, 2.24) is 5.32 Å². The lowest BCUT2D eigenvalue weighted by Gasteiger charge is -2.15. The van der Waals surface area contributed by atoms with E-state index in [0.29, 0.717) is 6.04 Å². The second kappa shape index (κ2) is 5.87. The van der Waals surface area contributed by atoms with Gasteiger partial charge in [0.1, 0.15) is 5.76 Å². The molecule has 0 fully saturated rings. The van der Waals surface area contributed by atoms with Crippen LogP contribution in [0.2, 0.25) is 0 Å². The number of benzene rings is 1. The molecule has 1 aromatic carbocycles. The summed E-state index contributed by atoms with van der Waals surface area (Å²) in [4.78, 5) is 0. The zero-order valence-electron chi connectivity index (χ0n) is 11.4. The fourth-order valence-corrected chi connectivity index (χ4v) is 2.24. The Bertz CT molecular complexity index is 468. The summed E-state index contributed by atoms with van der Waals surface area (Å²) in [6, 6.07) is 11.0. The molecule has 0 spiro atoms. The van der Waals surface area contributed by atoms with Crippen molar-refractivity contribution in [3.8, 4) is 0 Å². The van der Waals surface area contributed by atoms with Crippen molar-refractivity contribution in [1.29, 1.82) is 0 Å². The van der Waals surface area contributed by atoms with E-state index in [4.69, 9.17) is 4.42 Å². The maximum atomic E-state index is 5.32. The normalized spacial score (nSPS) is 12.6. The number of furan rings is 1. The van der Waals surface area contributed by atoms with E-state index in [1.165, 1.54) is 16.7 Å². The van der Waals surface area contributed by atoms with Gasteiger partial charge in [-0.05, 0) is 38.5 Å². The van der Waals surface area contributed by atoms with Gasteiger partial charge >= 0.3 is 0 Å². The molecule has 1 atom stereocenters. The number of nitrogens with one attached hydrogen (secondary N) is 1. The summed E-state index contributed by atoms with van der Waals surface area (Å²) >= 11 is 0. The predicted octanol–water partition coefficient (Wildman–Crippen LogP) is 3.79. The zero-order chi connectivity index (χ0) is 13.0. The molecule has 2 aromatic rings. The summed E-state index contributed by atoms with van der Waals surface area (Å²) in [5, 5.41) is 3.53. The van der Waals surface area contributed by atoms with E-state index in [2.05, 4.69) is 44.3 Å². The molecular formula is C16H21NO.